The summed E-state index contributed by atoms with van der Waals surface area (Å²) in [5, 5.41) is 0. The van der Waals surface area contributed by atoms with E-state index < -0.39 is 19.0 Å². The molecule has 0 unspecified atom stereocenters. The summed E-state index contributed by atoms with van der Waals surface area (Å²) in [6, 6.07) is 0. The van der Waals surface area contributed by atoms with E-state index in [1.807, 2.05) is 20.8 Å². The van der Waals surface area contributed by atoms with Gasteiger partial charge in [-0.05, 0) is 6.42 Å². The van der Waals surface area contributed by atoms with Crippen LogP contribution in [0.3, 0.4) is 0 Å². The molecular formula is C11H21O3Ti. The predicted molar refractivity (Wildman–Crippen MR) is 57.8 cm³/mol. The summed E-state index contributed by atoms with van der Waals surface area (Å²) in [4.78, 5) is 0. The van der Waals surface area contributed by atoms with Gasteiger partial charge in [0.1, 0.15) is 0 Å². The van der Waals surface area contributed by atoms with Crippen molar-refractivity contribution in [1.82, 2.24) is 0 Å². The summed E-state index contributed by atoms with van der Waals surface area (Å²) >= 11 is -1.99. The zero-order chi connectivity index (χ0) is 11.4. The average molecular weight is 249 g/mol. The van der Waals surface area contributed by atoms with E-state index >= 15 is 0 Å². The maximum atomic E-state index is 5.24. The van der Waals surface area contributed by atoms with Crippen LogP contribution in [0.25, 0.3) is 0 Å². The Morgan fingerprint density at radius 3 is 1.47 bits per heavy atom. The molecule has 15 heavy (non-hydrogen) atoms. The molecule has 3 nitrogen and oxygen atoms in total. The number of rotatable bonds is 6. The van der Waals surface area contributed by atoms with Crippen LogP contribution in [0.15, 0.2) is 24.3 Å². The minimum atomic E-state index is -1.99. The molecule has 0 spiro atoms. The molecule has 0 aromatic heterocycles. The Balaban J connectivity index is 0.000000322. The third kappa shape index (κ3) is 10.4. The average Bonchev–Trinajstić information content (AvgIpc) is 2.77. The fourth-order valence-electron chi connectivity index (χ4n) is 0.871. The van der Waals surface area contributed by atoms with Crippen LogP contribution in [0, 0.1) is 0 Å². The van der Waals surface area contributed by atoms with Crippen molar-refractivity contribution in [2.24, 2.45) is 0 Å². The molecule has 0 saturated heterocycles. The Hall–Kier alpha value is 0.0743. The molecule has 0 fully saturated rings. The molecule has 0 atom stereocenters. The predicted octanol–water partition coefficient (Wildman–Crippen LogP) is 2.96. The van der Waals surface area contributed by atoms with E-state index in [2.05, 4.69) is 24.3 Å². The van der Waals surface area contributed by atoms with Gasteiger partial charge >= 0.3 is 69.6 Å². The first-order chi connectivity index (χ1) is 7.35. The molecule has 1 aliphatic rings. The van der Waals surface area contributed by atoms with Crippen molar-refractivity contribution >= 4 is 0 Å². The zero-order valence-corrected chi connectivity index (χ0v) is 11.4. The molecule has 1 aliphatic carbocycles. The number of hydrogen-bond donors (Lipinski definition) is 0. The number of allylic oxidation sites excluding steroid dienone is 4. The Morgan fingerprint density at radius 1 is 0.867 bits per heavy atom. The second-order valence-electron chi connectivity index (χ2n) is 2.64. The van der Waals surface area contributed by atoms with Crippen LogP contribution in [-0.2, 0) is 29.0 Å². The second-order valence-corrected chi connectivity index (χ2v) is 4.77. The van der Waals surface area contributed by atoms with E-state index in [-0.39, 0.29) is 0 Å². The van der Waals surface area contributed by atoms with Gasteiger partial charge in [-0.25, -0.2) is 0 Å². The fourth-order valence-corrected chi connectivity index (χ4v) is 2.37. The quantitative estimate of drug-likeness (QED) is 0.677. The summed E-state index contributed by atoms with van der Waals surface area (Å²) in [5.41, 5.74) is 0. The molecule has 0 heterocycles. The van der Waals surface area contributed by atoms with Gasteiger partial charge in [0, 0.05) is 0 Å². The van der Waals surface area contributed by atoms with E-state index in [9.17, 15) is 0 Å². The van der Waals surface area contributed by atoms with Crippen LogP contribution >= 0.6 is 0 Å². The van der Waals surface area contributed by atoms with E-state index in [1.54, 1.807) is 0 Å². The molecule has 0 N–H and O–H groups in total. The third-order valence-electron chi connectivity index (χ3n) is 1.44. The Labute approximate surface area is 100 Å². The van der Waals surface area contributed by atoms with E-state index in [4.69, 9.17) is 9.96 Å². The van der Waals surface area contributed by atoms with Gasteiger partial charge in [0.25, 0.3) is 0 Å². The molecular weight excluding hydrogens is 228 g/mol. The van der Waals surface area contributed by atoms with Crippen molar-refractivity contribution < 1.29 is 29.0 Å². The summed E-state index contributed by atoms with van der Waals surface area (Å²) in [7, 11) is 0. The molecule has 0 radical (unpaired) electrons. The van der Waals surface area contributed by atoms with E-state index in [0.29, 0.717) is 19.8 Å². The summed E-state index contributed by atoms with van der Waals surface area (Å²) in [6.45, 7) is 7.92. The maximum absolute atomic E-state index is 5.24. The van der Waals surface area contributed by atoms with Gasteiger partial charge in [0.15, 0.2) is 0 Å². The van der Waals surface area contributed by atoms with Crippen molar-refractivity contribution in [3.8, 4) is 0 Å². The molecule has 0 saturated carbocycles. The summed E-state index contributed by atoms with van der Waals surface area (Å²) < 4.78 is 15.7. The zero-order valence-electron chi connectivity index (χ0n) is 9.86. The molecule has 87 valence electrons. The van der Waals surface area contributed by atoms with Crippen molar-refractivity contribution in [3.63, 3.8) is 0 Å². The van der Waals surface area contributed by atoms with Gasteiger partial charge in [-0.3, -0.25) is 0 Å². The van der Waals surface area contributed by atoms with Crippen molar-refractivity contribution in [3.05, 3.63) is 24.3 Å². The van der Waals surface area contributed by atoms with Gasteiger partial charge < -0.3 is 0 Å². The monoisotopic (exact) mass is 249 g/mol. The molecule has 4 heteroatoms. The third-order valence-corrected chi connectivity index (χ3v) is 3.90. The topological polar surface area (TPSA) is 27.7 Å². The molecule has 0 aromatic rings. The Kier molecular flexibility index (Phi) is 12.2. The molecule has 0 aromatic carbocycles. The molecule has 1 rings (SSSR count). The first-order valence-electron chi connectivity index (χ1n) is 5.42. The van der Waals surface area contributed by atoms with Gasteiger partial charge in [-0.1, -0.05) is 24.3 Å². The van der Waals surface area contributed by atoms with Gasteiger partial charge in [0.2, 0.25) is 0 Å². The SMILES string of the molecule is C1=CCC=C1.CC[O][Ti]([O]CC)[O]CC. The van der Waals surface area contributed by atoms with Crippen LogP contribution in [-0.4, -0.2) is 19.8 Å². The van der Waals surface area contributed by atoms with Crippen LogP contribution in [0.1, 0.15) is 27.2 Å². The van der Waals surface area contributed by atoms with Gasteiger partial charge in [-0.15, -0.1) is 0 Å². The fraction of sp³-hybridized carbons (Fsp3) is 0.636. The van der Waals surface area contributed by atoms with Crippen LogP contribution in [0.4, 0.5) is 0 Å². The van der Waals surface area contributed by atoms with Crippen LogP contribution < -0.4 is 0 Å². The Bertz CT molecular complexity index is 156. The summed E-state index contributed by atoms with van der Waals surface area (Å²) in [5.74, 6) is 0. The van der Waals surface area contributed by atoms with Crippen LogP contribution in [0.5, 0.6) is 0 Å². The standard InChI is InChI=1S/C5H6.3C2H5O.Ti/c1-2-4-5-3-1;3*1-2-3;/h1-4H,5H2;3*2H2,1H3;/q;3*-1;+3. The molecule has 0 aliphatic heterocycles. The first kappa shape index (κ1) is 15.1. The van der Waals surface area contributed by atoms with Crippen LogP contribution in [0.2, 0.25) is 0 Å². The van der Waals surface area contributed by atoms with Gasteiger partial charge in [0.05, 0.1) is 0 Å². The second kappa shape index (κ2) is 12.1. The van der Waals surface area contributed by atoms with Gasteiger partial charge in [-0.2, -0.15) is 0 Å². The molecule has 0 bridgehead atoms. The normalized spacial score (nSPS) is 12.5. The van der Waals surface area contributed by atoms with Crippen molar-refractivity contribution in [2.75, 3.05) is 19.8 Å². The Morgan fingerprint density at radius 2 is 1.27 bits per heavy atom. The first-order valence-corrected chi connectivity index (χ1v) is 7.33. The van der Waals surface area contributed by atoms with Crippen molar-refractivity contribution in [1.29, 1.82) is 0 Å². The van der Waals surface area contributed by atoms with E-state index in [0.717, 1.165) is 6.42 Å². The molecule has 0 amide bonds. The number of hydrogen-bond acceptors (Lipinski definition) is 3. The van der Waals surface area contributed by atoms with E-state index in [1.165, 1.54) is 0 Å². The minimum absolute atomic E-state index is 0.690. The van der Waals surface area contributed by atoms with Crippen molar-refractivity contribution in [2.45, 2.75) is 27.2 Å². The summed E-state index contributed by atoms with van der Waals surface area (Å²) in [6.07, 6.45) is 9.50.